The van der Waals surface area contributed by atoms with Gasteiger partial charge in [-0.05, 0) is 33.6 Å². The number of allylic oxidation sites excluding steroid dienone is 4. The van der Waals surface area contributed by atoms with Crippen LogP contribution in [0.25, 0.3) is 0 Å². The Morgan fingerprint density at radius 3 is 2.38 bits per heavy atom. The van der Waals surface area contributed by atoms with E-state index in [1.165, 1.54) is 11.1 Å². The molecule has 0 aliphatic heterocycles. The van der Waals surface area contributed by atoms with Gasteiger partial charge in [0.1, 0.15) is 0 Å². The van der Waals surface area contributed by atoms with E-state index in [1.54, 1.807) is 0 Å². The summed E-state index contributed by atoms with van der Waals surface area (Å²) in [7, 11) is -2.31. The SMILES string of the molecule is CC(C)=CCCC(C)=CC[PH](=O)O. The lowest BCUT2D eigenvalue weighted by atomic mass is 10.1. The van der Waals surface area contributed by atoms with E-state index in [-0.39, 0.29) is 0 Å². The topological polar surface area (TPSA) is 37.3 Å². The quantitative estimate of drug-likeness (QED) is 0.549. The van der Waals surface area contributed by atoms with Crippen molar-refractivity contribution in [2.75, 3.05) is 6.16 Å². The third-order valence-corrected chi connectivity index (χ3v) is 2.27. The molecule has 0 bridgehead atoms. The summed E-state index contributed by atoms with van der Waals surface area (Å²) in [5.41, 5.74) is 2.52. The maximum absolute atomic E-state index is 10.4. The predicted molar refractivity (Wildman–Crippen MR) is 58.5 cm³/mol. The average Bonchev–Trinajstić information content (AvgIpc) is 2.00. The Bertz CT molecular complexity index is 225. The van der Waals surface area contributed by atoms with Crippen molar-refractivity contribution in [2.45, 2.75) is 33.6 Å². The van der Waals surface area contributed by atoms with Crippen LogP contribution in [0.4, 0.5) is 0 Å². The fourth-order valence-corrected chi connectivity index (χ4v) is 1.48. The largest absolute Gasteiger partial charge is 0.346 e. The molecule has 0 amide bonds. The molecule has 3 heteroatoms. The lowest BCUT2D eigenvalue weighted by Crippen LogP contribution is -1.79. The Labute approximate surface area is 81.2 Å². The van der Waals surface area contributed by atoms with Crippen molar-refractivity contribution in [3.05, 3.63) is 23.3 Å². The third-order valence-electron chi connectivity index (χ3n) is 1.72. The molecule has 0 rings (SSSR count). The fraction of sp³-hybridized carbons (Fsp3) is 0.600. The number of hydrogen-bond donors (Lipinski definition) is 1. The van der Waals surface area contributed by atoms with Gasteiger partial charge in [0.15, 0.2) is 8.03 Å². The van der Waals surface area contributed by atoms with Crippen molar-refractivity contribution >= 4 is 8.03 Å². The second kappa shape index (κ2) is 7.11. The first kappa shape index (κ1) is 12.7. The highest BCUT2D eigenvalue weighted by Crippen LogP contribution is 2.15. The standard InChI is InChI=1S/C10H19O2P/c1-9(2)5-4-6-10(3)7-8-13(11)12/h5,7,13H,4,6,8H2,1-3H3,(H,11,12). The smallest absolute Gasteiger partial charge is 0.192 e. The van der Waals surface area contributed by atoms with Gasteiger partial charge in [0.05, 0.1) is 0 Å². The Hall–Kier alpha value is -0.330. The highest BCUT2D eigenvalue weighted by molar-refractivity contribution is 7.38. The summed E-state index contributed by atoms with van der Waals surface area (Å²) < 4.78 is 10.4. The van der Waals surface area contributed by atoms with E-state index in [4.69, 9.17) is 4.89 Å². The van der Waals surface area contributed by atoms with Gasteiger partial charge in [-0.1, -0.05) is 23.3 Å². The molecule has 0 aromatic heterocycles. The first-order valence-electron chi connectivity index (χ1n) is 4.53. The van der Waals surface area contributed by atoms with Crippen LogP contribution in [0.15, 0.2) is 23.3 Å². The number of hydrogen-bond acceptors (Lipinski definition) is 1. The van der Waals surface area contributed by atoms with E-state index in [1.807, 2.05) is 13.0 Å². The summed E-state index contributed by atoms with van der Waals surface area (Å²) in [6, 6.07) is 0. The molecule has 1 N–H and O–H groups in total. The van der Waals surface area contributed by atoms with Gasteiger partial charge in [0.2, 0.25) is 0 Å². The van der Waals surface area contributed by atoms with Gasteiger partial charge in [-0.2, -0.15) is 0 Å². The minimum atomic E-state index is -2.31. The zero-order chi connectivity index (χ0) is 10.3. The Kier molecular flexibility index (Phi) is 6.93. The van der Waals surface area contributed by atoms with Crippen molar-refractivity contribution < 1.29 is 9.46 Å². The van der Waals surface area contributed by atoms with E-state index >= 15 is 0 Å². The van der Waals surface area contributed by atoms with E-state index in [0.717, 1.165) is 12.8 Å². The van der Waals surface area contributed by atoms with E-state index in [0.29, 0.717) is 6.16 Å². The van der Waals surface area contributed by atoms with Crippen LogP contribution < -0.4 is 0 Å². The van der Waals surface area contributed by atoms with Crippen LogP contribution >= 0.6 is 8.03 Å². The highest BCUT2D eigenvalue weighted by atomic mass is 31.1. The molecule has 13 heavy (non-hydrogen) atoms. The van der Waals surface area contributed by atoms with Gasteiger partial charge in [0, 0.05) is 6.16 Å². The van der Waals surface area contributed by atoms with Crippen molar-refractivity contribution in [3.63, 3.8) is 0 Å². The monoisotopic (exact) mass is 202 g/mol. The molecule has 0 saturated heterocycles. The molecule has 2 nitrogen and oxygen atoms in total. The molecular formula is C10H19O2P. The zero-order valence-corrected chi connectivity index (χ0v) is 9.63. The summed E-state index contributed by atoms with van der Waals surface area (Å²) in [5.74, 6) is 0. The van der Waals surface area contributed by atoms with Gasteiger partial charge in [-0.25, -0.2) is 0 Å². The Morgan fingerprint density at radius 2 is 1.92 bits per heavy atom. The van der Waals surface area contributed by atoms with Gasteiger partial charge >= 0.3 is 0 Å². The molecule has 0 aromatic carbocycles. The van der Waals surface area contributed by atoms with Gasteiger partial charge < -0.3 is 4.89 Å². The molecule has 0 aliphatic rings. The van der Waals surface area contributed by atoms with Crippen molar-refractivity contribution in [3.8, 4) is 0 Å². The minimum absolute atomic E-state index is 0.325. The molecule has 0 heterocycles. The van der Waals surface area contributed by atoms with Crippen LogP contribution in [0.2, 0.25) is 0 Å². The summed E-state index contributed by atoms with van der Waals surface area (Å²) in [5, 5.41) is 0. The van der Waals surface area contributed by atoms with Crippen LogP contribution in [-0.4, -0.2) is 11.1 Å². The lowest BCUT2D eigenvalue weighted by Gasteiger charge is -1.97. The van der Waals surface area contributed by atoms with Crippen LogP contribution in [0, 0.1) is 0 Å². The molecular weight excluding hydrogens is 183 g/mol. The highest BCUT2D eigenvalue weighted by Gasteiger charge is 1.91. The summed E-state index contributed by atoms with van der Waals surface area (Å²) in [4.78, 5) is 8.60. The summed E-state index contributed by atoms with van der Waals surface area (Å²) in [6.07, 6.45) is 6.38. The second-order valence-electron chi connectivity index (χ2n) is 3.47. The van der Waals surface area contributed by atoms with Gasteiger partial charge in [-0.3, -0.25) is 4.57 Å². The van der Waals surface area contributed by atoms with Gasteiger partial charge in [0.25, 0.3) is 0 Å². The molecule has 0 aromatic rings. The molecule has 1 unspecified atom stereocenters. The minimum Gasteiger partial charge on any atom is -0.346 e. The molecule has 0 fully saturated rings. The van der Waals surface area contributed by atoms with Crippen LogP contribution in [0.3, 0.4) is 0 Å². The normalized spacial score (nSPS) is 14.0. The maximum Gasteiger partial charge on any atom is 0.192 e. The fourth-order valence-electron chi connectivity index (χ4n) is 0.952. The molecule has 0 saturated carbocycles. The molecule has 76 valence electrons. The number of rotatable bonds is 5. The van der Waals surface area contributed by atoms with Crippen molar-refractivity contribution in [2.24, 2.45) is 0 Å². The van der Waals surface area contributed by atoms with E-state index in [2.05, 4.69) is 19.9 Å². The molecule has 1 atom stereocenters. The summed E-state index contributed by atoms with van der Waals surface area (Å²) in [6.45, 7) is 6.15. The molecule has 0 radical (unpaired) electrons. The van der Waals surface area contributed by atoms with E-state index in [9.17, 15) is 4.57 Å². The molecule has 0 spiro atoms. The maximum atomic E-state index is 10.4. The lowest BCUT2D eigenvalue weighted by molar-refractivity contribution is 0.506. The van der Waals surface area contributed by atoms with Crippen molar-refractivity contribution in [1.29, 1.82) is 0 Å². The van der Waals surface area contributed by atoms with Crippen molar-refractivity contribution in [1.82, 2.24) is 0 Å². The predicted octanol–water partition coefficient (Wildman–Crippen LogP) is 3.15. The van der Waals surface area contributed by atoms with Crippen LogP contribution in [0.5, 0.6) is 0 Å². The van der Waals surface area contributed by atoms with Crippen LogP contribution in [-0.2, 0) is 4.57 Å². The first-order chi connectivity index (χ1) is 6.02. The van der Waals surface area contributed by atoms with Crippen LogP contribution in [0.1, 0.15) is 33.6 Å². The van der Waals surface area contributed by atoms with Gasteiger partial charge in [-0.15, -0.1) is 0 Å². The Balaban J connectivity index is 3.73. The first-order valence-corrected chi connectivity index (χ1v) is 6.09. The Morgan fingerprint density at radius 1 is 1.31 bits per heavy atom. The second-order valence-corrected chi connectivity index (χ2v) is 4.66. The summed E-state index contributed by atoms with van der Waals surface area (Å²) >= 11 is 0. The average molecular weight is 202 g/mol. The van der Waals surface area contributed by atoms with E-state index < -0.39 is 8.03 Å². The third kappa shape index (κ3) is 9.59. The molecule has 0 aliphatic carbocycles. The zero-order valence-electron chi connectivity index (χ0n) is 8.63.